The second-order valence-corrected chi connectivity index (χ2v) is 5.62. The minimum atomic E-state index is 0.201. The van der Waals surface area contributed by atoms with Gasteiger partial charge in [0.25, 0.3) is 0 Å². The Balaban J connectivity index is 2.27. The van der Waals surface area contributed by atoms with Gasteiger partial charge in [-0.05, 0) is 44.0 Å². The van der Waals surface area contributed by atoms with Crippen LogP contribution in [0.25, 0.3) is 10.8 Å². The predicted molar refractivity (Wildman–Crippen MR) is 95.8 cm³/mol. The first-order valence-electron chi connectivity index (χ1n) is 7.72. The van der Waals surface area contributed by atoms with Gasteiger partial charge >= 0.3 is 0 Å². The summed E-state index contributed by atoms with van der Waals surface area (Å²) in [7, 11) is 2.00. The Bertz CT molecular complexity index is 765. The summed E-state index contributed by atoms with van der Waals surface area (Å²) in [5.74, 6) is 0. The number of hydrogen-bond acceptors (Lipinski definition) is 2. The summed E-state index contributed by atoms with van der Waals surface area (Å²) < 4.78 is 0. The van der Waals surface area contributed by atoms with Crippen LogP contribution in [0.15, 0.2) is 66.7 Å². The molecule has 2 nitrogen and oxygen atoms in total. The van der Waals surface area contributed by atoms with Crippen LogP contribution in [0.1, 0.15) is 12.5 Å². The molecule has 112 valence electrons. The van der Waals surface area contributed by atoms with Crippen molar-refractivity contribution in [2.75, 3.05) is 11.9 Å². The Kier molecular flexibility index (Phi) is 4.12. The van der Waals surface area contributed by atoms with Gasteiger partial charge in [-0.1, -0.05) is 54.6 Å². The monoisotopic (exact) mass is 290 g/mol. The minimum Gasteiger partial charge on any atom is -0.325 e. The molecule has 0 fully saturated rings. The van der Waals surface area contributed by atoms with Crippen LogP contribution in [-0.2, 0) is 0 Å². The molecule has 0 spiro atoms. The molecule has 22 heavy (non-hydrogen) atoms. The Morgan fingerprint density at radius 2 is 1.55 bits per heavy atom. The van der Waals surface area contributed by atoms with Crippen LogP contribution in [0.2, 0.25) is 0 Å². The number of nitrogens with zero attached hydrogens (tertiary/aromatic N) is 1. The molecule has 0 aliphatic heterocycles. The van der Waals surface area contributed by atoms with Crippen LogP contribution in [0.3, 0.4) is 0 Å². The SMILES string of the molecule is CNC(C)N(c1ccccc1)c1c(C)ccc2ccccc12. The van der Waals surface area contributed by atoms with Gasteiger partial charge < -0.3 is 10.2 Å². The first-order valence-corrected chi connectivity index (χ1v) is 7.72. The van der Waals surface area contributed by atoms with Gasteiger partial charge in [-0.15, -0.1) is 0 Å². The molecule has 0 saturated heterocycles. The molecular weight excluding hydrogens is 268 g/mol. The Labute approximate surface area is 132 Å². The van der Waals surface area contributed by atoms with Crippen LogP contribution < -0.4 is 10.2 Å². The number of benzene rings is 3. The summed E-state index contributed by atoms with van der Waals surface area (Å²) in [5.41, 5.74) is 3.75. The number of aryl methyl sites for hydroxylation is 1. The zero-order chi connectivity index (χ0) is 15.5. The van der Waals surface area contributed by atoms with Gasteiger partial charge in [0.2, 0.25) is 0 Å². The highest BCUT2D eigenvalue weighted by molar-refractivity contribution is 5.97. The summed E-state index contributed by atoms with van der Waals surface area (Å²) in [6.07, 6.45) is 0.201. The Morgan fingerprint density at radius 1 is 0.864 bits per heavy atom. The van der Waals surface area contributed by atoms with E-state index in [9.17, 15) is 0 Å². The maximum absolute atomic E-state index is 3.38. The van der Waals surface area contributed by atoms with E-state index >= 15 is 0 Å². The standard InChI is InChI=1S/C20H22N2/c1-15-13-14-17-9-7-8-12-19(17)20(15)22(16(2)21-3)18-10-5-4-6-11-18/h4-14,16,21H,1-3H3. The van der Waals surface area contributed by atoms with Gasteiger partial charge in [-0.3, -0.25) is 0 Å². The van der Waals surface area contributed by atoms with E-state index in [4.69, 9.17) is 0 Å². The number of anilines is 2. The fourth-order valence-corrected chi connectivity index (χ4v) is 2.95. The fourth-order valence-electron chi connectivity index (χ4n) is 2.95. The second kappa shape index (κ2) is 6.20. The maximum atomic E-state index is 3.38. The highest BCUT2D eigenvalue weighted by Crippen LogP contribution is 2.36. The molecule has 3 rings (SSSR count). The predicted octanol–water partition coefficient (Wildman–Crippen LogP) is 4.85. The van der Waals surface area contributed by atoms with Crippen LogP contribution in [0.4, 0.5) is 11.4 Å². The molecular formula is C20H22N2. The van der Waals surface area contributed by atoms with E-state index in [-0.39, 0.29) is 6.17 Å². The number of rotatable bonds is 4. The van der Waals surface area contributed by atoms with E-state index in [0.717, 1.165) is 0 Å². The highest BCUT2D eigenvalue weighted by Gasteiger charge is 2.19. The van der Waals surface area contributed by atoms with E-state index < -0.39 is 0 Å². The zero-order valence-electron chi connectivity index (χ0n) is 13.4. The highest BCUT2D eigenvalue weighted by atomic mass is 15.3. The summed E-state index contributed by atoms with van der Waals surface area (Å²) in [5, 5.41) is 5.94. The van der Waals surface area contributed by atoms with Crippen LogP contribution >= 0.6 is 0 Å². The lowest BCUT2D eigenvalue weighted by molar-refractivity contribution is 0.620. The maximum Gasteiger partial charge on any atom is 0.0814 e. The summed E-state index contributed by atoms with van der Waals surface area (Å²) >= 11 is 0. The summed E-state index contributed by atoms with van der Waals surface area (Å²) in [4.78, 5) is 2.37. The van der Waals surface area contributed by atoms with Gasteiger partial charge in [0.15, 0.2) is 0 Å². The molecule has 1 unspecified atom stereocenters. The quantitative estimate of drug-likeness (QED) is 0.691. The first kappa shape index (κ1) is 14.6. The van der Waals surface area contributed by atoms with Crippen LogP contribution in [-0.4, -0.2) is 13.2 Å². The molecule has 0 saturated carbocycles. The molecule has 0 aromatic heterocycles. The van der Waals surface area contributed by atoms with Crippen molar-refractivity contribution in [3.8, 4) is 0 Å². The normalized spacial score (nSPS) is 12.3. The molecule has 3 aromatic carbocycles. The van der Waals surface area contributed by atoms with E-state index in [1.165, 1.54) is 27.7 Å². The van der Waals surface area contributed by atoms with Gasteiger partial charge in [-0.2, -0.15) is 0 Å². The first-order chi connectivity index (χ1) is 10.7. The fraction of sp³-hybridized carbons (Fsp3) is 0.200. The lowest BCUT2D eigenvalue weighted by Crippen LogP contribution is -2.39. The van der Waals surface area contributed by atoms with Crippen molar-refractivity contribution >= 4 is 22.1 Å². The Hall–Kier alpha value is -2.32. The molecule has 3 aromatic rings. The van der Waals surface area contributed by atoms with Crippen molar-refractivity contribution in [1.29, 1.82) is 0 Å². The third-order valence-corrected chi connectivity index (χ3v) is 4.18. The number of hydrogen-bond donors (Lipinski definition) is 1. The topological polar surface area (TPSA) is 15.3 Å². The molecule has 0 aliphatic rings. The largest absolute Gasteiger partial charge is 0.325 e. The molecule has 0 aliphatic carbocycles. The average Bonchev–Trinajstić information content (AvgIpc) is 2.58. The average molecular weight is 290 g/mol. The van der Waals surface area contributed by atoms with Crippen molar-refractivity contribution in [3.63, 3.8) is 0 Å². The van der Waals surface area contributed by atoms with E-state index in [0.29, 0.717) is 0 Å². The third-order valence-electron chi connectivity index (χ3n) is 4.18. The van der Waals surface area contributed by atoms with E-state index in [2.05, 4.69) is 90.8 Å². The molecule has 0 radical (unpaired) electrons. The second-order valence-electron chi connectivity index (χ2n) is 5.62. The molecule has 1 atom stereocenters. The number of para-hydroxylation sites is 1. The molecule has 1 N–H and O–H groups in total. The zero-order valence-corrected chi connectivity index (χ0v) is 13.4. The van der Waals surface area contributed by atoms with Crippen LogP contribution in [0.5, 0.6) is 0 Å². The van der Waals surface area contributed by atoms with Crippen molar-refractivity contribution < 1.29 is 0 Å². The van der Waals surface area contributed by atoms with Gasteiger partial charge in [0.1, 0.15) is 0 Å². The van der Waals surface area contributed by atoms with Gasteiger partial charge in [-0.25, -0.2) is 0 Å². The lowest BCUT2D eigenvalue weighted by Gasteiger charge is -2.33. The third kappa shape index (κ3) is 2.58. The van der Waals surface area contributed by atoms with Crippen LogP contribution in [0, 0.1) is 6.92 Å². The van der Waals surface area contributed by atoms with Crippen molar-refractivity contribution in [3.05, 3.63) is 72.3 Å². The summed E-state index contributed by atoms with van der Waals surface area (Å²) in [6, 6.07) is 23.5. The molecule has 2 heteroatoms. The van der Waals surface area contributed by atoms with Gasteiger partial charge in [0.05, 0.1) is 11.9 Å². The lowest BCUT2D eigenvalue weighted by atomic mass is 10.0. The van der Waals surface area contributed by atoms with Gasteiger partial charge in [0, 0.05) is 11.1 Å². The van der Waals surface area contributed by atoms with E-state index in [1.807, 2.05) is 7.05 Å². The molecule has 0 bridgehead atoms. The molecule has 0 amide bonds. The smallest absolute Gasteiger partial charge is 0.0814 e. The Morgan fingerprint density at radius 3 is 2.27 bits per heavy atom. The molecule has 0 heterocycles. The van der Waals surface area contributed by atoms with Crippen molar-refractivity contribution in [2.45, 2.75) is 20.0 Å². The summed E-state index contributed by atoms with van der Waals surface area (Å²) in [6.45, 7) is 4.37. The minimum absolute atomic E-state index is 0.201. The van der Waals surface area contributed by atoms with Crippen molar-refractivity contribution in [2.24, 2.45) is 0 Å². The van der Waals surface area contributed by atoms with E-state index in [1.54, 1.807) is 0 Å². The number of fused-ring (bicyclic) bond motifs is 1. The number of nitrogens with one attached hydrogen (secondary N) is 1. The van der Waals surface area contributed by atoms with Crippen molar-refractivity contribution in [1.82, 2.24) is 5.32 Å².